The van der Waals surface area contributed by atoms with Gasteiger partial charge in [0.1, 0.15) is 0 Å². The van der Waals surface area contributed by atoms with Crippen LogP contribution in [0.4, 0.5) is 4.79 Å². The molecule has 0 N–H and O–H groups in total. The average molecular weight is 466 g/mol. The lowest BCUT2D eigenvalue weighted by Gasteiger charge is -2.34. The van der Waals surface area contributed by atoms with Crippen LogP contribution in [0, 0.1) is 13.8 Å². The van der Waals surface area contributed by atoms with E-state index in [1.165, 1.54) is 5.56 Å². The van der Waals surface area contributed by atoms with E-state index in [4.69, 9.17) is 16.3 Å². The summed E-state index contributed by atoms with van der Waals surface area (Å²) >= 11 is 6.11. The highest BCUT2D eigenvalue weighted by Gasteiger charge is 2.28. The molecule has 0 saturated carbocycles. The summed E-state index contributed by atoms with van der Waals surface area (Å²) in [5.74, 6) is -0.0305. The van der Waals surface area contributed by atoms with E-state index in [-0.39, 0.29) is 12.0 Å². The van der Waals surface area contributed by atoms with Crippen LogP contribution < -0.4 is 0 Å². The van der Waals surface area contributed by atoms with E-state index in [0.29, 0.717) is 43.4 Å². The SMILES string of the molecule is CCOC(=O)N1CCN(C(=O)c2cc(-c3ccc(Cl)cc3)n(-c3ccc(C)cc3)c2C)CC1. The van der Waals surface area contributed by atoms with Crippen LogP contribution in [-0.2, 0) is 4.74 Å². The van der Waals surface area contributed by atoms with E-state index in [0.717, 1.165) is 22.6 Å². The standard InChI is InChI=1S/C26H28ClN3O3/c1-4-33-26(32)29-15-13-28(14-16-29)25(31)23-17-24(20-7-9-21(27)10-8-20)30(19(23)3)22-11-5-18(2)6-12-22/h5-12,17H,4,13-16H2,1-3H3. The van der Waals surface area contributed by atoms with Crippen molar-refractivity contribution in [1.29, 1.82) is 0 Å². The van der Waals surface area contributed by atoms with Gasteiger partial charge in [-0.1, -0.05) is 41.4 Å². The van der Waals surface area contributed by atoms with Gasteiger partial charge in [-0.15, -0.1) is 0 Å². The maximum Gasteiger partial charge on any atom is 0.409 e. The normalized spacial score (nSPS) is 13.8. The smallest absolute Gasteiger partial charge is 0.409 e. The Kier molecular flexibility index (Phi) is 6.75. The van der Waals surface area contributed by atoms with Crippen molar-refractivity contribution in [2.24, 2.45) is 0 Å². The summed E-state index contributed by atoms with van der Waals surface area (Å²) in [6, 6.07) is 17.9. The molecule has 2 aromatic carbocycles. The fourth-order valence-corrected chi connectivity index (χ4v) is 4.29. The molecule has 2 heterocycles. The molecule has 4 rings (SSSR count). The highest BCUT2D eigenvalue weighted by Crippen LogP contribution is 2.31. The second kappa shape index (κ2) is 9.71. The first kappa shape index (κ1) is 22.9. The Morgan fingerprint density at radius 1 is 0.909 bits per heavy atom. The van der Waals surface area contributed by atoms with E-state index < -0.39 is 0 Å². The number of hydrogen-bond acceptors (Lipinski definition) is 3. The second-order valence-corrected chi connectivity index (χ2v) is 8.62. The topological polar surface area (TPSA) is 54.8 Å². The molecule has 2 amide bonds. The van der Waals surface area contributed by atoms with Gasteiger partial charge in [-0.05, 0) is 56.7 Å². The predicted octanol–water partition coefficient (Wildman–Crippen LogP) is 5.33. The molecule has 7 heteroatoms. The molecule has 0 unspecified atom stereocenters. The minimum atomic E-state index is -0.323. The molecular formula is C26H28ClN3O3. The number of amides is 2. The zero-order valence-corrected chi connectivity index (χ0v) is 19.9. The summed E-state index contributed by atoms with van der Waals surface area (Å²) in [4.78, 5) is 29.0. The van der Waals surface area contributed by atoms with E-state index in [2.05, 4.69) is 35.8 Å². The lowest BCUT2D eigenvalue weighted by Crippen LogP contribution is -2.50. The predicted molar refractivity (Wildman–Crippen MR) is 130 cm³/mol. The first-order chi connectivity index (χ1) is 15.9. The van der Waals surface area contributed by atoms with Gasteiger partial charge in [-0.25, -0.2) is 4.79 Å². The number of piperazine rings is 1. The summed E-state index contributed by atoms with van der Waals surface area (Å²) in [6.45, 7) is 8.04. The molecular weight excluding hydrogens is 438 g/mol. The van der Waals surface area contributed by atoms with Gasteiger partial charge in [-0.3, -0.25) is 4.79 Å². The summed E-state index contributed by atoms with van der Waals surface area (Å²) in [6.07, 6.45) is -0.323. The molecule has 1 aliphatic rings. The molecule has 172 valence electrons. The van der Waals surface area contributed by atoms with Gasteiger partial charge in [0.25, 0.3) is 5.91 Å². The molecule has 1 fully saturated rings. The van der Waals surface area contributed by atoms with Gasteiger partial charge in [0, 0.05) is 42.6 Å². The minimum Gasteiger partial charge on any atom is -0.450 e. The third-order valence-corrected chi connectivity index (χ3v) is 6.25. The van der Waals surface area contributed by atoms with Crippen molar-refractivity contribution in [2.75, 3.05) is 32.8 Å². The number of hydrogen-bond donors (Lipinski definition) is 0. The number of carbonyl (C=O) groups excluding carboxylic acids is 2. The highest BCUT2D eigenvalue weighted by molar-refractivity contribution is 6.30. The molecule has 33 heavy (non-hydrogen) atoms. The fraction of sp³-hybridized carbons (Fsp3) is 0.308. The lowest BCUT2D eigenvalue weighted by atomic mass is 10.1. The number of aryl methyl sites for hydroxylation is 1. The first-order valence-corrected chi connectivity index (χ1v) is 11.5. The maximum atomic E-state index is 13.5. The summed E-state index contributed by atoms with van der Waals surface area (Å²) in [5.41, 5.74) is 5.61. The van der Waals surface area contributed by atoms with Crippen molar-refractivity contribution < 1.29 is 14.3 Å². The Bertz CT molecular complexity index is 1140. The summed E-state index contributed by atoms with van der Waals surface area (Å²) in [7, 11) is 0. The van der Waals surface area contributed by atoms with Crippen LogP contribution in [-0.4, -0.2) is 59.2 Å². The molecule has 0 bridgehead atoms. The Balaban J connectivity index is 1.67. The summed E-state index contributed by atoms with van der Waals surface area (Å²) in [5, 5.41) is 0.666. The molecule has 0 radical (unpaired) electrons. The zero-order valence-electron chi connectivity index (χ0n) is 19.2. The Hall–Kier alpha value is -3.25. The number of ether oxygens (including phenoxy) is 1. The molecule has 1 saturated heterocycles. The molecule has 0 aliphatic carbocycles. The highest BCUT2D eigenvalue weighted by atomic mass is 35.5. The van der Waals surface area contributed by atoms with Crippen LogP contribution in [0.1, 0.15) is 28.5 Å². The average Bonchev–Trinajstić information content (AvgIpc) is 3.17. The van der Waals surface area contributed by atoms with Gasteiger partial charge in [0.15, 0.2) is 0 Å². The molecule has 0 spiro atoms. The largest absolute Gasteiger partial charge is 0.450 e. The Morgan fingerprint density at radius 2 is 1.52 bits per heavy atom. The maximum absolute atomic E-state index is 13.5. The number of halogens is 1. The van der Waals surface area contributed by atoms with E-state index in [9.17, 15) is 9.59 Å². The Labute approximate surface area is 199 Å². The fourth-order valence-electron chi connectivity index (χ4n) is 4.16. The van der Waals surface area contributed by atoms with E-state index in [1.807, 2.05) is 42.2 Å². The second-order valence-electron chi connectivity index (χ2n) is 8.18. The number of benzene rings is 2. The molecule has 3 aromatic rings. The van der Waals surface area contributed by atoms with Crippen molar-refractivity contribution in [3.05, 3.63) is 76.4 Å². The number of rotatable bonds is 4. The van der Waals surface area contributed by atoms with Gasteiger partial charge in [-0.2, -0.15) is 0 Å². The zero-order chi connectivity index (χ0) is 23.5. The van der Waals surface area contributed by atoms with Crippen molar-refractivity contribution in [2.45, 2.75) is 20.8 Å². The van der Waals surface area contributed by atoms with Crippen LogP contribution >= 0.6 is 11.6 Å². The van der Waals surface area contributed by atoms with Crippen molar-refractivity contribution >= 4 is 23.6 Å². The third-order valence-electron chi connectivity index (χ3n) is 6.00. The van der Waals surface area contributed by atoms with Crippen molar-refractivity contribution in [3.8, 4) is 16.9 Å². The van der Waals surface area contributed by atoms with E-state index >= 15 is 0 Å². The van der Waals surface area contributed by atoms with Gasteiger partial charge in [0.05, 0.1) is 17.9 Å². The first-order valence-electron chi connectivity index (χ1n) is 11.2. The van der Waals surface area contributed by atoms with E-state index in [1.54, 1.807) is 11.8 Å². The van der Waals surface area contributed by atoms with Crippen LogP contribution in [0.2, 0.25) is 5.02 Å². The molecule has 6 nitrogen and oxygen atoms in total. The lowest BCUT2D eigenvalue weighted by molar-refractivity contribution is 0.0570. The number of carbonyl (C=O) groups is 2. The van der Waals surface area contributed by atoms with Crippen molar-refractivity contribution in [1.82, 2.24) is 14.4 Å². The van der Waals surface area contributed by atoms with Gasteiger partial charge in [0.2, 0.25) is 0 Å². The van der Waals surface area contributed by atoms with Crippen LogP contribution in [0.3, 0.4) is 0 Å². The quantitative estimate of drug-likeness (QED) is 0.523. The van der Waals surface area contributed by atoms with Crippen molar-refractivity contribution in [3.63, 3.8) is 0 Å². The Morgan fingerprint density at radius 3 is 2.12 bits per heavy atom. The molecule has 1 aromatic heterocycles. The monoisotopic (exact) mass is 465 g/mol. The van der Waals surface area contributed by atoms with Gasteiger partial charge < -0.3 is 19.1 Å². The number of nitrogens with zero attached hydrogens (tertiary/aromatic N) is 3. The summed E-state index contributed by atoms with van der Waals surface area (Å²) < 4.78 is 7.20. The number of aromatic nitrogens is 1. The minimum absolute atomic E-state index is 0.0305. The molecule has 1 aliphatic heterocycles. The van der Waals surface area contributed by atoms with Gasteiger partial charge >= 0.3 is 6.09 Å². The third kappa shape index (κ3) is 4.76. The molecule has 0 atom stereocenters. The van der Waals surface area contributed by atoms with Crippen LogP contribution in [0.15, 0.2) is 54.6 Å². The van der Waals surface area contributed by atoms with Crippen LogP contribution in [0.5, 0.6) is 0 Å². The van der Waals surface area contributed by atoms with Crippen LogP contribution in [0.25, 0.3) is 16.9 Å².